The first-order valence-corrected chi connectivity index (χ1v) is 7.06. The lowest BCUT2D eigenvalue weighted by atomic mass is 10.2. The Hall–Kier alpha value is -1.24. The molecule has 0 bridgehead atoms. The van der Waals surface area contributed by atoms with Gasteiger partial charge in [-0.05, 0) is 33.6 Å². The van der Waals surface area contributed by atoms with Gasteiger partial charge in [-0.15, -0.1) is 11.3 Å². The van der Waals surface area contributed by atoms with Gasteiger partial charge in [0.25, 0.3) is 0 Å². The van der Waals surface area contributed by atoms with Crippen LogP contribution in [0.3, 0.4) is 0 Å². The van der Waals surface area contributed by atoms with Crippen LogP contribution in [0.5, 0.6) is 0 Å². The molecule has 0 unspecified atom stereocenters. The zero-order chi connectivity index (χ0) is 12.7. The van der Waals surface area contributed by atoms with Crippen LogP contribution in [-0.4, -0.2) is 14.5 Å². The average Bonchev–Trinajstić information content (AvgIpc) is 2.93. The second-order valence-electron chi connectivity index (χ2n) is 3.99. The molecule has 0 atom stereocenters. The molecule has 0 radical (unpaired) electrons. The van der Waals surface area contributed by atoms with Crippen LogP contribution in [0.2, 0.25) is 0 Å². The van der Waals surface area contributed by atoms with Crippen molar-refractivity contribution in [2.45, 2.75) is 6.54 Å². The van der Waals surface area contributed by atoms with Crippen molar-refractivity contribution >= 4 is 38.3 Å². The van der Waals surface area contributed by atoms with Gasteiger partial charge in [0, 0.05) is 13.6 Å². The molecule has 3 aromatic rings. The molecule has 0 aliphatic carbocycles. The number of rotatable bonds is 2. The number of aryl methyl sites for hydroxylation is 1. The summed E-state index contributed by atoms with van der Waals surface area (Å²) in [5.74, 6) is 0. The van der Waals surface area contributed by atoms with Gasteiger partial charge in [-0.3, -0.25) is 0 Å². The lowest BCUT2D eigenvalue weighted by Gasteiger charge is -1.99. The number of thiazole rings is 1. The summed E-state index contributed by atoms with van der Waals surface area (Å²) in [6.07, 6.45) is 1.82. The molecule has 0 saturated heterocycles. The molecule has 0 spiro atoms. The summed E-state index contributed by atoms with van der Waals surface area (Å²) in [4.78, 5) is 9.84. The van der Waals surface area contributed by atoms with Gasteiger partial charge in [-0.2, -0.15) is 0 Å². The molecule has 3 rings (SSSR count). The molecule has 92 valence electrons. The maximum Gasteiger partial charge on any atom is 0.125 e. The Kier molecular flexibility index (Phi) is 2.93. The van der Waals surface area contributed by atoms with Crippen molar-refractivity contribution in [3.63, 3.8) is 0 Å². The fraction of sp³-hybridized carbons (Fsp3) is 0.167. The van der Waals surface area contributed by atoms with Gasteiger partial charge in [0.15, 0.2) is 0 Å². The van der Waals surface area contributed by atoms with Gasteiger partial charge in [0.2, 0.25) is 0 Å². The van der Waals surface area contributed by atoms with Crippen LogP contribution < -0.4 is 5.73 Å². The molecule has 2 N–H and O–H groups in total. The number of benzene rings is 1. The molecule has 0 aliphatic heterocycles. The van der Waals surface area contributed by atoms with Crippen molar-refractivity contribution in [1.29, 1.82) is 0 Å². The van der Waals surface area contributed by atoms with E-state index in [9.17, 15) is 0 Å². The summed E-state index contributed by atoms with van der Waals surface area (Å²) >= 11 is 5.09. The maximum absolute atomic E-state index is 5.62. The van der Waals surface area contributed by atoms with E-state index >= 15 is 0 Å². The monoisotopic (exact) mass is 322 g/mol. The summed E-state index contributed by atoms with van der Waals surface area (Å²) in [5.41, 5.74) is 8.85. The minimum Gasteiger partial charge on any atom is -0.334 e. The number of fused-ring (bicyclic) bond motifs is 1. The highest BCUT2D eigenvalue weighted by Gasteiger charge is 2.11. The predicted octanol–water partition coefficient (Wildman–Crippen LogP) is 2.92. The van der Waals surface area contributed by atoms with Crippen LogP contribution in [0.25, 0.3) is 21.5 Å². The normalized spacial score (nSPS) is 11.3. The second-order valence-corrected chi connectivity index (χ2v) is 5.83. The molecule has 2 heterocycles. The van der Waals surface area contributed by atoms with Gasteiger partial charge in [0.05, 0.1) is 22.2 Å². The topological polar surface area (TPSA) is 56.7 Å². The van der Waals surface area contributed by atoms with Crippen LogP contribution >= 0.6 is 27.3 Å². The number of imidazole rings is 1. The average molecular weight is 323 g/mol. The van der Waals surface area contributed by atoms with Crippen LogP contribution in [0.1, 0.15) is 5.01 Å². The highest BCUT2D eigenvalue weighted by molar-refractivity contribution is 9.10. The van der Waals surface area contributed by atoms with E-state index in [0.29, 0.717) is 6.54 Å². The first-order chi connectivity index (χ1) is 8.69. The Morgan fingerprint density at radius 3 is 3.00 bits per heavy atom. The van der Waals surface area contributed by atoms with E-state index in [0.717, 1.165) is 31.1 Å². The molecule has 0 amide bonds. The number of nitrogens with two attached hydrogens (primary N) is 1. The summed E-state index contributed by atoms with van der Waals surface area (Å²) in [7, 11) is 1.99. The highest BCUT2D eigenvalue weighted by Crippen LogP contribution is 2.34. The van der Waals surface area contributed by atoms with Gasteiger partial charge in [-0.1, -0.05) is 6.07 Å². The number of hydrogen-bond acceptors (Lipinski definition) is 4. The SMILES string of the molecule is Cn1cnc2cc(-c3sc(CN)nc3Br)ccc21. The van der Waals surface area contributed by atoms with Crippen molar-refractivity contribution in [2.75, 3.05) is 0 Å². The minimum atomic E-state index is 0.467. The fourth-order valence-corrected chi connectivity index (χ4v) is 3.52. The summed E-state index contributed by atoms with van der Waals surface area (Å²) in [6, 6.07) is 6.24. The van der Waals surface area contributed by atoms with Crippen molar-refractivity contribution in [3.05, 3.63) is 34.1 Å². The Labute approximate surface area is 117 Å². The smallest absolute Gasteiger partial charge is 0.125 e. The highest BCUT2D eigenvalue weighted by atomic mass is 79.9. The van der Waals surface area contributed by atoms with E-state index in [4.69, 9.17) is 5.73 Å². The minimum absolute atomic E-state index is 0.467. The van der Waals surface area contributed by atoms with E-state index in [2.05, 4.69) is 44.1 Å². The molecule has 0 saturated carbocycles. The molecule has 18 heavy (non-hydrogen) atoms. The van der Waals surface area contributed by atoms with Crippen LogP contribution in [0, 0.1) is 0 Å². The standard InChI is InChI=1S/C12H11BrN4S/c1-17-6-15-8-4-7(2-3-9(8)17)11-12(13)16-10(5-14)18-11/h2-4,6H,5,14H2,1H3. The third kappa shape index (κ3) is 1.86. The zero-order valence-electron chi connectivity index (χ0n) is 9.72. The number of halogens is 1. The van der Waals surface area contributed by atoms with E-state index in [-0.39, 0.29) is 0 Å². The molecule has 2 aromatic heterocycles. The Morgan fingerprint density at radius 1 is 1.44 bits per heavy atom. The van der Waals surface area contributed by atoms with Gasteiger partial charge >= 0.3 is 0 Å². The van der Waals surface area contributed by atoms with Gasteiger partial charge < -0.3 is 10.3 Å². The van der Waals surface area contributed by atoms with Crippen molar-refractivity contribution in [2.24, 2.45) is 12.8 Å². The maximum atomic E-state index is 5.62. The first kappa shape index (κ1) is 11.8. The predicted molar refractivity (Wildman–Crippen MR) is 77.4 cm³/mol. The molecule has 0 fully saturated rings. The second kappa shape index (κ2) is 4.46. The first-order valence-electron chi connectivity index (χ1n) is 5.46. The number of nitrogens with zero attached hydrogens (tertiary/aromatic N) is 3. The lowest BCUT2D eigenvalue weighted by molar-refractivity contribution is 0.948. The van der Waals surface area contributed by atoms with Crippen LogP contribution in [0.15, 0.2) is 29.1 Å². The molecule has 0 aliphatic rings. The quantitative estimate of drug-likeness (QED) is 0.789. The molecular formula is C12H11BrN4S. The summed E-state index contributed by atoms with van der Waals surface area (Å²) in [5, 5.41) is 0.929. The van der Waals surface area contributed by atoms with Gasteiger partial charge in [-0.25, -0.2) is 9.97 Å². The zero-order valence-corrected chi connectivity index (χ0v) is 12.1. The molecule has 6 heteroatoms. The molecule has 4 nitrogen and oxygen atoms in total. The molecular weight excluding hydrogens is 312 g/mol. The summed E-state index contributed by atoms with van der Waals surface area (Å²) in [6.45, 7) is 0.467. The van der Waals surface area contributed by atoms with Crippen LogP contribution in [0.4, 0.5) is 0 Å². The molecule has 1 aromatic carbocycles. The van der Waals surface area contributed by atoms with Crippen LogP contribution in [-0.2, 0) is 13.6 Å². The third-order valence-electron chi connectivity index (χ3n) is 2.79. The number of hydrogen-bond donors (Lipinski definition) is 1. The third-order valence-corrected chi connectivity index (χ3v) is 4.76. The lowest BCUT2D eigenvalue weighted by Crippen LogP contribution is -1.93. The Morgan fingerprint density at radius 2 is 2.28 bits per heavy atom. The number of aromatic nitrogens is 3. The largest absolute Gasteiger partial charge is 0.334 e. The van der Waals surface area contributed by atoms with E-state index in [1.807, 2.05) is 17.9 Å². The van der Waals surface area contributed by atoms with Gasteiger partial charge in [0.1, 0.15) is 9.61 Å². The summed E-state index contributed by atoms with van der Waals surface area (Å²) < 4.78 is 2.86. The Balaban J connectivity index is 2.15. The van der Waals surface area contributed by atoms with E-state index in [1.54, 1.807) is 11.3 Å². The van der Waals surface area contributed by atoms with E-state index < -0.39 is 0 Å². The van der Waals surface area contributed by atoms with Crippen molar-refractivity contribution in [1.82, 2.24) is 14.5 Å². The fourth-order valence-electron chi connectivity index (χ4n) is 1.89. The van der Waals surface area contributed by atoms with E-state index in [1.165, 1.54) is 0 Å². The Bertz CT molecular complexity index is 716. The van der Waals surface area contributed by atoms with Crippen molar-refractivity contribution < 1.29 is 0 Å². The van der Waals surface area contributed by atoms with Crippen molar-refractivity contribution in [3.8, 4) is 10.4 Å².